The molecular weight excluding hydrogens is 841 g/mol. The van der Waals surface area contributed by atoms with Crippen LogP contribution in [0.25, 0.3) is 0 Å². The molecule has 0 radical (unpaired) electrons. The van der Waals surface area contributed by atoms with E-state index in [0.717, 1.165) is 69.6 Å². The summed E-state index contributed by atoms with van der Waals surface area (Å²) < 4.78 is 16.9. The van der Waals surface area contributed by atoms with Gasteiger partial charge in [0.2, 0.25) is 0 Å². The molecule has 0 aromatic rings. The van der Waals surface area contributed by atoms with E-state index >= 15 is 0 Å². The molecule has 6 heteroatoms. The molecule has 0 spiro atoms. The molecule has 0 aliphatic rings. The van der Waals surface area contributed by atoms with E-state index in [1.165, 1.54) is 238 Å². The third kappa shape index (κ3) is 55.3. The number of hydrogen-bond acceptors (Lipinski definition) is 6. The Labute approximate surface area is 425 Å². The first-order valence-electron chi connectivity index (χ1n) is 30.7. The van der Waals surface area contributed by atoms with Crippen molar-refractivity contribution in [1.82, 2.24) is 0 Å². The number of carbonyl (C=O) groups is 3. The fourth-order valence-corrected chi connectivity index (χ4v) is 9.58. The van der Waals surface area contributed by atoms with E-state index in [-0.39, 0.29) is 31.1 Å². The van der Waals surface area contributed by atoms with Gasteiger partial charge in [0, 0.05) is 19.3 Å². The minimum atomic E-state index is -0.763. The van der Waals surface area contributed by atoms with Gasteiger partial charge in [-0.3, -0.25) is 14.4 Å². The first kappa shape index (κ1) is 66.4. The van der Waals surface area contributed by atoms with Crippen molar-refractivity contribution in [3.63, 3.8) is 0 Å². The second-order valence-corrected chi connectivity index (χ2v) is 22.3. The number of esters is 3. The number of rotatable bonds is 56. The van der Waals surface area contributed by atoms with Crippen LogP contribution in [0.4, 0.5) is 0 Å². The smallest absolute Gasteiger partial charge is 0.306 e. The van der Waals surface area contributed by atoms with Crippen molar-refractivity contribution in [1.29, 1.82) is 0 Å². The number of carbonyl (C=O) groups excluding carboxylic acids is 3. The van der Waals surface area contributed by atoms with E-state index in [9.17, 15) is 14.4 Å². The predicted molar refractivity (Wildman–Crippen MR) is 293 cm³/mol. The highest BCUT2D eigenvalue weighted by atomic mass is 16.6. The first-order valence-corrected chi connectivity index (χ1v) is 30.7. The maximum Gasteiger partial charge on any atom is 0.306 e. The molecule has 0 aliphatic heterocycles. The zero-order valence-corrected chi connectivity index (χ0v) is 46.7. The quantitative estimate of drug-likeness (QED) is 0.0343. The standard InChI is InChI=1S/C62H120O6/c1-6-7-8-9-10-11-12-13-14-18-21-27-32-37-42-47-52-60(63)66-55-59(68-62(65)54-49-44-39-34-29-24-23-26-31-36-41-46-51-58(4)5)56-67-61(64)53-48-43-38-33-28-22-19-16-15-17-20-25-30-35-40-45-50-57(2)3/h57-59H,6-56H2,1-5H3/t59-/m0/s1. The van der Waals surface area contributed by atoms with Crippen LogP contribution >= 0.6 is 0 Å². The molecule has 404 valence electrons. The number of ether oxygens (including phenoxy) is 3. The van der Waals surface area contributed by atoms with Crippen LogP contribution < -0.4 is 0 Å². The minimum absolute atomic E-state index is 0.0622. The molecule has 0 unspecified atom stereocenters. The van der Waals surface area contributed by atoms with Gasteiger partial charge < -0.3 is 14.2 Å². The van der Waals surface area contributed by atoms with Gasteiger partial charge in [-0.25, -0.2) is 0 Å². The van der Waals surface area contributed by atoms with Crippen molar-refractivity contribution in [3.8, 4) is 0 Å². The highest BCUT2D eigenvalue weighted by Crippen LogP contribution is 2.19. The van der Waals surface area contributed by atoms with Crippen molar-refractivity contribution in [2.75, 3.05) is 13.2 Å². The number of unbranched alkanes of at least 4 members (excludes halogenated alkanes) is 41. The van der Waals surface area contributed by atoms with Crippen LogP contribution in [0.15, 0.2) is 0 Å². The lowest BCUT2D eigenvalue weighted by atomic mass is 10.0. The molecule has 1 atom stereocenters. The average Bonchev–Trinajstić information content (AvgIpc) is 3.31. The van der Waals surface area contributed by atoms with Gasteiger partial charge in [0.25, 0.3) is 0 Å². The van der Waals surface area contributed by atoms with Gasteiger partial charge in [0.15, 0.2) is 6.10 Å². The van der Waals surface area contributed by atoms with Crippen molar-refractivity contribution >= 4 is 17.9 Å². The second kappa shape index (κ2) is 54.7. The lowest BCUT2D eigenvalue weighted by Gasteiger charge is -2.18. The summed E-state index contributed by atoms with van der Waals surface area (Å²) in [6, 6.07) is 0. The lowest BCUT2D eigenvalue weighted by Crippen LogP contribution is -2.30. The zero-order chi connectivity index (χ0) is 49.6. The molecule has 0 aromatic carbocycles. The van der Waals surface area contributed by atoms with E-state index in [4.69, 9.17) is 14.2 Å². The molecule has 0 aliphatic carbocycles. The van der Waals surface area contributed by atoms with Crippen molar-refractivity contribution < 1.29 is 28.6 Å². The van der Waals surface area contributed by atoms with Crippen molar-refractivity contribution in [2.24, 2.45) is 11.8 Å². The third-order valence-corrected chi connectivity index (χ3v) is 14.2. The Morgan fingerprint density at radius 3 is 0.721 bits per heavy atom. The topological polar surface area (TPSA) is 78.9 Å². The van der Waals surface area contributed by atoms with Gasteiger partial charge in [-0.05, 0) is 31.1 Å². The van der Waals surface area contributed by atoms with Crippen molar-refractivity contribution in [2.45, 2.75) is 355 Å². The molecule has 0 aromatic heterocycles. The molecule has 0 fully saturated rings. The molecule has 68 heavy (non-hydrogen) atoms. The molecule has 0 saturated heterocycles. The van der Waals surface area contributed by atoms with E-state index in [2.05, 4.69) is 34.6 Å². The highest BCUT2D eigenvalue weighted by molar-refractivity contribution is 5.71. The molecule has 0 bridgehead atoms. The van der Waals surface area contributed by atoms with Crippen LogP contribution in [0.1, 0.15) is 349 Å². The van der Waals surface area contributed by atoms with E-state index in [1.54, 1.807) is 0 Å². The molecule has 6 nitrogen and oxygen atoms in total. The summed E-state index contributed by atoms with van der Waals surface area (Å²) in [6.07, 6.45) is 59.5. The molecule has 0 rings (SSSR count). The molecular formula is C62H120O6. The molecule has 0 N–H and O–H groups in total. The van der Waals surface area contributed by atoms with Crippen LogP contribution in [0.2, 0.25) is 0 Å². The monoisotopic (exact) mass is 961 g/mol. The van der Waals surface area contributed by atoms with E-state index in [1.807, 2.05) is 0 Å². The molecule has 0 amide bonds. The Bertz CT molecular complexity index is 1040. The van der Waals surface area contributed by atoms with Crippen LogP contribution in [0.3, 0.4) is 0 Å². The Balaban J connectivity index is 4.28. The molecule has 0 saturated carbocycles. The fourth-order valence-electron chi connectivity index (χ4n) is 9.58. The summed E-state index contributed by atoms with van der Waals surface area (Å²) in [6.45, 7) is 11.4. The fraction of sp³-hybridized carbons (Fsp3) is 0.952. The average molecular weight is 962 g/mol. The van der Waals surface area contributed by atoms with Gasteiger partial charge in [0.05, 0.1) is 0 Å². The summed E-state index contributed by atoms with van der Waals surface area (Å²) in [5, 5.41) is 0. The second-order valence-electron chi connectivity index (χ2n) is 22.3. The minimum Gasteiger partial charge on any atom is -0.462 e. The maximum atomic E-state index is 12.9. The largest absolute Gasteiger partial charge is 0.462 e. The Hall–Kier alpha value is -1.59. The summed E-state index contributed by atoms with van der Waals surface area (Å²) in [5.74, 6) is 0.851. The van der Waals surface area contributed by atoms with Crippen LogP contribution in [-0.4, -0.2) is 37.2 Å². The van der Waals surface area contributed by atoms with Gasteiger partial charge >= 0.3 is 17.9 Å². The molecule has 0 heterocycles. The Morgan fingerprint density at radius 2 is 0.485 bits per heavy atom. The van der Waals surface area contributed by atoms with Gasteiger partial charge in [-0.1, -0.05) is 311 Å². The predicted octanol–water partition coefficient (Wildman–Crippen LogP) is 20.4. The summed E-state index contributed by atoms with van der Waals surface area (Å²) in [4.78, 5) is 38.2. The summed E-state index contributed by atoms with van der Waals surface area (Å²) in [5.41, 5.74) is 0. The summed E-state index contributed by atoms with van der Waals surface area (Å²) >= 11 is 0. The van der Waals surface area contributed by atoms with Crippen LogP contribution in [0, 0.1) is 11.8 Å². The van der Waals surface area contributed by atoms with Gasteiger partial charge in [-0.2, -0.15) is 0 Å². The van der Waals surface area contributed by atoms with Gasteiger partial charge in [0.1, 0.15) is 13.2 Å². The normalized spacial score (nSPS) is 12.0. The third-order valence-electron chi connectivity index (χ3n) is 14.2. The van der Waals surface area contributed by atoms with Crippen LogP contribution in [-0.2, 0) is 28.6 Å². The van der Waals surface area contributed by atoms with E-state index < -0.39 is 6.10 Å². The summed E-state index contributed by atoms with van der Waals surface area (Å²) in [7, 11) is 0. The maximum absolute atomic E-state index is 12.9. The highest BCUT2D eigenvalue weighted by Gasteiger charge is 2.19. The Kier molecular flexibility index (Phi) is 53.5. The Morgan fingerprint density at radius 1 is 0.279 bits per heavy atom. The van der Waals surface area contributed by atoms with Crippen molar-refractivity contribution in [3.05, 3.63) is 0 Å². The van der Waals surface area contributed by atoms with Crippen LogP contribution in [0.5, 0.6) is 0 Å². The zero-order valence-electron chi connectivity index (χ0n) is 46.7. The SMILES string of the molecule is CCCCCCCCCCCCCCCCCCC(=O)OC[C@@H](COC(=O)CCCCCCCCCCCCCCCCCCC(C)C)OC(=O)CCCCCCCCCCCCCCC(C)C. The van der Waals surface area contributed by atoms with E-state index in [0.29, 0.717) is 19.3 Å². The first-order chi connectivity index (χ1) is 33.2. The number of hydrogen-bond donors (Lipinski definition) is 0. The lowest BCUT2D eigenvalue weighted by molar-refractivity contribution is -0.167. The van der Waals surface area contributed by atoms with Gasteiger partial charge in [-0.15, -0.1) is 0 Å².